The number of halogens is 1. The van der Waals surface area contributed by atoms with E-state index >= 15 is 0 Å². The van der Waals surface area contributed by atoms with E-state index in [9.17, 15) is 8.42 Å². The first-order valence-electron chi connectivity index (χ1n) is 7.04. The molecule has 3 rings (SSSR count). The number of piperazine rings is 1. The van der Waals surface area contributed by atoms with Crippen LogP contribution in [0.2, 0.25) is 5.02 Å². The Labute approximate surface area is 140 Å². The normalized spacial score (nSPS) is 16.9. The topological polar surface area (TPSA) is 40.6 Å². The van der Waals surface area contributed by atoms with Crippen molar-refractivity contribution in [3.8, 4) is 0 Å². The van der Waals surface area contributed by atoms with Crippen LogP contribution < -0.4 is 4.90 Å². The second-order valence-corrected chi connectivity index (χ2v) is 8.73. The first-order chi connectivity index (χ1) is 10.5. The van der Waals surface area contributed by atoms with Crippen molar-refractivity contribution in [2.24, 2.45) is 0 Å². The number of sulfonamides is 1. The molecule has 118 valence electrons. The molecule has 1 saturated heterocycles. The lowest BCUT2D eigenvalue weighted by molar-refractivity contribution is 0.385. The van der Waals surface area contributed by atoms with Gasteiger partial charge in [-0.3, -0.25) is 0 Å². The van der Waals surface area contributed by atoms with Crippen molar-refractivity contribution >= 4 is 38.6 Å². The SMILES string of the molecule is Cc1c(Cl)cccc1N1CCN(S(=O)(=O)c2cccs2)CC1. The molecule has 0 spiro atoms. The van der Waals surface area contributed by atoms with Crippen LogP contribution in [0.3, 0.4) is 0 Å². The minimum Gasteiger partial charge on any atom is -0.369 e. The monoisotopic (exact) mass is 356 g/mol. The highest BCUT2D eigenvalue weighted by molar-refractivity contribution is 7.91. The molecule has 0 saturated carbocycles. The van der Waals surface area contributed by atoms with Crippen LogP contribution in [-0.2, 0) is 10.0 Å². The smallest absolute Gasteiger partial charge is 0.252 e. The quantitative estimate of drug-likeness (QED) is 0.847. The van der Waals surface area contributed by atoms with Gasteiger partial charge in [-0.25, -0.2) is 8.42 Å². The van der Waals surface area contributed by atoms with Gasteiger partial charge in [0.2, 0.25) is 0 Å². The molecule has 0 radical (unpaired) electrons. The summed E-state index contributed by atoms with van der Waals surface area (Å²) >= 11 is 7.43. The highest BCUT2D eigenvalue weighted by atomic mass is 35.5. The summed E-state index contributed by atoms with van der Waals surface area (Å²) in [5.41, 5.74) is 2.12. The van der Waals surface area contributed by atoms with E-state index in [0.717, 1.165) is 16.3 Å². The first kappa shape index (κ1) is 15.8. The largest absolute Gasteiger partial charge is 0.369 e. The molecule has 0 bridgehead atoms. The Morgan fingerprint density at radius 2 is 1.82 bits per heavy atom. The zero-order valence-electron chi connectivity index (χ0n) is 12.2. The Balaban J connectivity index is 1.75. The van der Waals surface area contributed by atoms with E-state index in [1.165, 1.54) is 11.3 Å². The third-order valence-electron chi connectivity index (χ3n) is 3.91. The third-order valence-corrected chi connectivity index (χ3v) is 7.59. The summed E-state index contributed by atoms with van der Waals surface area (Å²) in [6.07, 6.45) is 0. The number of anilines is 1. The molecule has 0 atom stereocenters. The van der Waals surface area contributed by atoms with Gasteiger partial charge < -0.3 is 4.90 Å². The average molecular weight is 357 g/mol. The summed E-state index contributed by atoms with van der Waals surface area (Å²) < 4.78 is 27.0. The molecule has 1 aliphatic rings. The fraction of sp³-hybridized carbons (Fsp3) is 0.333. The molecule has 1 aromatic heterocycles. The van der Waals surface area contributed by atoms with Gasteiger partial charge in [-0.05, 0) is 36.1 Å². The maximum absolute atomic E-state index is 12.5. The van der Waals surface area contributed by atoms with E-state index < -0.39 is 10.0 Å². The highest BCUT2D eigenvalue weighted by Crippen LogP contribution is 2.28. The number of hydrogen-bond acceptors (Lipinski definition) is 4. The molecule has 2 aromatic rings. The van der Waals surface area contributed by atoms with Gasteiger partial charge in [0, 0.05) is 36.9 Å². The Morgan fingerprint density at radius 1 is 1.09 bits per heavy atom. The second-order valence-electron chi connectivity index (χ2n) is 5.21. The van der Waals surface area contributed by atoms with E-state index in [0.29, 0.717) is 30.4 Å². The molecular formula is C15H17ClN2O2S2. The molecule has 0 N–H and O–H groups in total. The number of hydrogen-bond donors (Lipinski definition) is 0. The van der Waals surface area contributed by atoms with Gasteiger partial charge in [0.1, 0.15) is 4.21 Å². The predicted octanol–water partition coefficient (Wildman–Crippen LogP) is 3.22. The Bertz CT molecular complexity index is 752. The standard InChI is InChI=1S/C15H17ClN2O2S2/c1-12-13(16)4-2-5-14(12)17-7-9-18(10-8-17)22(19,20)15-6-3-11-21-15/h2-6,11H,7-10H2,1H3. The van der Waals surface area contributed by atoms with Crippen LogP contribution in [0.25, 0.3) is 0 Å². The van der Waals surface area contributed by atoms with Crippen LogP contribution in [0.4, 0.5) is 5.69 Å². The Morgan fingerprint density at radius 3 is 2.45 bits per heavy atom. The lowest BCUT2D eigenvalue weighted by Gasteiger charge is -2.36. The van der Waals surface area contributed by atoms with Crippen LogP contribution in [0.15, 0.2) is 39.9 Å². The summed E-state index contributed by atoms with van der Waals surface area (Å²) in [4.78, 5) is 2.20. The fourth-order valence-corrected chi connectivity index (χ4v) is 5.38. The number of thiophene rings is 1. The molecule has 7 heteroatoms. The lowest BCUT2D eigenvalue weighted by Crippen LogP contribution is -2.48. The molecule has 0 aliphatic carbocycles. The number of rotatable bonds is 3. The van der Waals surface area contributed by atoms with Gasteiger partial charge >= 0.3 is 0 Å². The van der Waals surface area contributed by atoms with Crippen LogP contribution in [0.5, 0.6) is 0 Å². The zero-order chi connectivity index (χ0) is 15.7. The van der Waals surface area contributed by atoms with E-state index in [1.54, 1.807) is 21.8 Å². The summed E-state index contributed by atoms with van der Waals surface area (Å²) in [5, 5.41) is 2.53. The van der Waals surface area contributed by atoms with E-state index in [-0.39, 0.29) is 0 Å². The van der Waals surface area contributed by atoms with Gasteiger partial charge in [-0.1, -0.05) is 23.7 Å². The molecule has 4 nitrogen and oxygen atoms in total. The van der Waals surface area contributed by atoms with Crippen LogP contribution in [0, 0.1) is 6.92 Å². The minimum absolute atomic E-state index is 0.417. The molecular weight excluding hydrogens is 340 g/mol. The van der Waals surface area contributed by atoms with E-state index in [2.05, 4.69) is 4.90 Å². The van der Waals surface area contributed by atoms with Crippen molar-refractivity contribution < 1.29 is 8.42 Å². The van der Waals surface area contributed by atoms with Gasteiger partial charge in [0.05, 0.1) is 0 Å². The van der Waals surface area contributed by atoms with Crippen molar-refractivity contribution in [1.29, 1.82) is 0 Å². The molecule has 22 heavy (non-hydrogen) atoms. The zero-order valence-corrected chi connectivity index (χ0v) is 14.6. The Kier molecular flexibility index (Phi) is 4.45. The van der Waals surface area contributed by atoms with Crippen molar-refractivity contribution in [1.82, 2.24) is 4.31 Å². The van der Waals surface area contributed by atoms with E-state index in [1.807, 2.05) is 25.1 Å². The first-order valence-corrected chi connectivity index (χ1v) is 9.73. The van der Waals surface area contributed by atoms with Crippen molar-refractivity contribution in [3.05, 3.63) is 46.3 Å². The van der Waals surface area contributed by atoms with Gasteiger partial charge in [-0.2, -0.15) is 4.31 Å². The van der Waals surface area contributed by atoms with Gasteiger partial charge in [0.25, 0.3) is 10.0 Å². The second kappa shape index (κ2) is 6.20. The summed E-state index contributed by atoms with van der Waals surface area (Å²) in [6.45, 7) is 4.32. The highest BCUT2D eigenvalue weighted by Gasteiger charge is 2.29. The molecule has 1 aliphatic heterocycles. The van der Waals surface area contributed by atoms with Crippen molar-refractivity contribution in [2.75, 3.05) is 31.1 Å². The van der Waals surface area contributed by atoms with Crippen molar-refractivity contribution in [2.45, 2.75) is 11.1 Å². The molecule has 1 fully saturated rings. The maximum atomic E-state index is 12.5. The summed E-state index contributed by atoms with van der Waals surface area (Å²) in [7, 11) is -3.34. The minimum atomic E-state index is -3.34. The van der Waals surface area contributed by atoms with Crippen LogP contribution in [0.1, 0.15) is 5.56 Å². The molecule has 0 amide bonds. The average Bonchev–Trinajstić information content (AvgIpc) is 3.05. The lowest BCUT2D eigenvalue weighted by atomic mass is 10.1. The van der Waals surface area contributed by atoms with E-state index in [4.69, 9.17) is 11.6 Å². The van der Waals surface area contributed by atoms with Crippen LogP contribution >= 0.6 is 22.9 Å². The van der Waals surface area contributed by atoms with Gasteiger partial charge in [-0.15, -0.1) is 11.3 Å². The maximum Gasteiger partial charge on any atom is 0.252 e. The summed E-state index contributed by atoms with van der Waals surface area (Å²) in [5.74, 6) is 0. The molecule has 1 aromatic carbocycles. The van der Waals surface area contributed by atoms with Gasteiger partial charge in [0.15, 0.2) is 0 Å². The predicted molar refractivity (Wildman–Crippen MR) is 91.5 cm³/mol. The third kappa shape index (κ3) is 2.88. The summed E-state index contributed by atoms with van der Waals surface area (Å²) in [6, 6.07) is 9.26. The fourth-order valence-electron chi connectivity index (χ4n) is 2.65. The Hall–Kier alpha value is -1.08. The molecule has 0 unspecified atom stereocenters. The van der Waals surface area contributed by atoms with Crippen LogP contribution in [-0.4, -0.2) is 38.9 Å². The number of benzene rings is 1. The molecule has 2 heterocycles. The van der Waals surface area contributed by atoms with Crippen molar-refractivity contribution in [3.63, 3.8) is 0 Å². The number of nitrogens with zero attached hydrogens (tertiary/aromatic N) is 2.